The second-order valence-corrected chi connectivity index (χ2v) is 12.9. The summed E-state index contributed by atoms with van der Waals surface area (Å²) in [6, 6.07) is 30.2. The fourth-order valence-electron chi connectivity index (χ4n) is 3.50. The van der Waals surface area contributed by atoms with Gasteiger partial charge >= 0.3 is 0 Å². The Balaban J connectivity index is 2.08. The summed E-state index contributed by atoms with van der Waals surface area (Å²) in [6.07, 6.45) is 0.974. The molecule has 0 saturated carbocycles. The molecule has 3 rings (SSSR count). The lowest BCUT2D eigenvalue weighted by Gasteiger charge is -2.43. The van der Waals surface area contributed by atoms with E-state index in [0.29, 0.717) is 0 Å². The van der Waals surface area contributed by atoms with Crippen LogP contribution in [0, 0.1) is 0 Å². The molecule has 0 spiro atoms. The SMILES string of the molecule is C[Si](C)(C)N(c1ccccc1)C(Cc1ccccc1)c1ccc(Cl)cc1. The standard InChI is InChI=1S/C23H26ClNSi/c1-26(2,3)25(22-12-8-5-9-13-22)23(18-19-10-6-4-7-11-19)20-14-16-21(24)17-15-20/h4-17,23H,18H2,1-3H3. The van der Waals surface area contributed by atoms with Crippen LogP contribution in [-0.4, -0.2) is 8.24 Å². The molecule has 0 amide bonds. The van der Waals surface area contributed by atoms with E-state index in [1.807, 2.05) is 12.1 Å². The quantitative estimate of drug-likeness (QED) is 0.418. The molecule has 0 aliphatic carbocycles. The molecule has 0 saturated heterocycles. The summed E-state index contributed by atoms with van der Waals surface area (Å²) in [5.41, 5.74) is 3.96. The summed E-state index contributed by atoms with van der Waals surface area (Å²) >= 11 is 6.16. The van der Waals surface area contributed by atoms with Gasteiger partial charge in [0.15, 0.2) is 0 Å². The predicted molar refractivity (Wildman–Crippen MR) is 117 cm³/mol. The topological polar surface area (TPSA) is 3.24 Å². The van der Waals surface area contributed by atoms with Gasteiger partial charge in [-0.3, -0.25) is 0 Å². The fraction of sp³-hybridized carbons (Fsp3) is 0.217. The molecule has 0 bridgehead atoms. The monoisotopic (exact) mass is 379 g/mol. The molecular weight excluding hydrogens is 354 g/mol. The van der Waals surface area contributed by atoms with Gasteiger partial charge in [-0.25, -0.2) is 0 Å². The molecule has 0 aliphatic heterocycles. The van der Waals surface area contributed by atoms with Crippen LogP contribution < -0.4 is 4.57 Å². The summed E-state index contributed by atoms with van der Waals surface area (Å²) < 4.78 is 2.66. The van der Waals surface area contributed by atoms with E-state index in [4.69, 9.17) is 11.6 Å². The molecule has 3 heteroatoms. The maximum atomic E-state index is 6.16. The second kappa shape index (κ2) is 8.11. The zero-order chi connectivity index (χ0) is 18.6. The summed E-state index contributed by atoms with van der Waals surface area (Å²) in [7, 11) is -1.64. The lowest BCUT2D eigenvalue weighted by molar-refractivity contribution is 0.707. The Hall–Kier alpha value is -2.03. The van der Waals surface area contributed by atoms with E-state index < -0.39 is 8.24 Å². The minimum Gasteiger partial charge on any atom is -0.391 e. The van der Waals surface area contributed by atoms with Crippen LogP contribution in [-0.2, 0) is 6.42 Å². The highest BCUT2D eigenvalue weighted by Gasteiger charge is 2.32. The minimum atomic E-state index is -1.64. The van der Waals surface area contributed by atoms with E-state index in [-0.39, 0.29) is 6.04 Å². The van der Waals surface area contributed by atoms with Gasteiger partial charge in [-0.1, -0.05) is 91.9 Å². The highest BCUT2D eigenvalue weighted by atomic mass is 35.5. The molecule has 1 atom stereocenters. The van der Waals surface area contributed by atoms with Crippen molar-refractivity contribution in [2.45, 2.75) is 32.1 Å². The van der Waals surface area contributed by atoms with Crippen LogP contribution in [0.5, 0.6) is 0 Å². The van der Waals surface area contributed by atoms with Crippen molar-refractivity contribution in [1.29, 1.82) is 0 Å². The van der Waals surface area contributed by atoms with Crippen molar-refractivity contribution < 1.29 is 0 Å². The predicted octanol–water partition coefficient (Wildman–Crippen LogP) is 6.97. The molecule has 26 heavy (non-hydrogen) atoms. The number of benzene rings is 3. The van der Waals surface area contributed by atoms with Gasteiger partial charge in [-0.05, 0) is 41.8 Å². The van der Waals surface area contributed by atoms with Crippen LogP contribution in [0.15, 0.2) is 84.9 Å². The van der Waals surface area contributed by atoms with E-state index in [2.05, 4.69) is 97.0 Å². The van der Waals surface area contributed by atoms with Gasteiger partial charge in [-0.15, -0.1) is 0 Å². The summed E-state index contributed by atoms with van der Waals surface area (Å²) in [5.74, 6) is 0. The normalized spacial score (nSPS) is 12.6. The van der Waals surface area contributed by atoms with Crippen molar-refractivity contribution in [2.75, 3.05) is 4.57 Å². The number of nitrogens with zero attached hydrogens (tertiary/aromatic N) is 1. The molecule has 1 unspecified atom stereocenters. The maximum Gasteiger partial charge on any atom is 0.148 e. The zero-order valence-corrected chi connectivity index (χ0v) is 17.4. The number of hydrogen-bond donors (Lipinski definition) is 0. The number of para-hydroxylation sites is 1. The lowest BCUT2D eigenvalue weighted by Crippen LogP contribution is -2.49. The van der Waals surface area contributed by atoms with E-state index in [1.54, 1.807) is 0 Å². The van der Waals surface area contributed by atoms with Crippen LogP contribution in [0.3, 0.4) is 0 Å². The van der Waals surface area contributed by atoms with E-state index in [1.165, 1.54) is 16.8 Å². The van der Waals surface area contributed by atoms with E-state index >= 15 is 0 Å². The lowest BCUT2D eigenvalue weighted by atomic mass is 9.98. The smallest absolute Gasteiger partial charge is 0.148 e. The third-order valence-corrected chi connectivity index (χ3v) is 6.86. The van der Waals surface area contributed by atoms with Crippen LogP contribution in [0.1, 0.15) is 17.2 Å². The van der Waals surface area contributed by atoms with E-state index in [9.17, 15) is 0 Å². The first-order valence-electron chi connectivity index (χ1n) is 9.09. The molecule has 0 aliphatic rings. The van der Waals surface area contributed by atoms with Crippen molar-refractivity contribution in [2.24, 2.45) is 0 Å². The van der Waals surface area contributed by atoms with Crippen LogP contribution in [0.4, 0.5) is 5.69 Å². The summed E-state index contributed by atoms with van der Waals surface area (Å²) in [5, 5.41) is 0.784. The number of hydrogen-bond acceptors (Lipinski definition) is 1. The van der Waals surface area contributed by atoms with Gasteiger partial charge in [0.05, 0.1) is 6.04 Å². The Kier molecular flexibility index (Phi) is 5.85. The van der Waals surface area contributed by atoms with Gasteiger partial charge in [0.2, 0.25) is 0 Å². The molecule has 0 radical (unpaired) electrons. The van der Waals surface area contributed by atoms with Crippen molar-refractivity contribution in [3.63, 3.8) is 0 Å². The molecular formula is C23H26ClNSi. The molecule has 0 aromatic heterocycles. The minimum absolute atomic E-state index is 0.281. The Labute approximate surface area is 163 Å². The van der Waals surface area contributed by atoms with Crippen LogP contribution in [0.2, 0.25) is 24.7 Å². The van der Waals surface area contributed by atoms with Crippen molar-refractivity contribution in [3.8, 4) is 0 Å². The molecule has 134 valence electrons. The Morgan fingerprint density at radius 2 is 1.31 bits per heavy atom. The van der Waals surface area contributed by atoms with Crippen LogP contribution >= 0.6 is 11.6 Å². The Morgan fingerprint density at radius 3 is 1.85 bits per heavy atom. The number of halogens is 1. The Morgan fingerprint density at radius 1 is 0.769 bits per heavy atom. The first-order chi connectivity index (χ1) is 12.4. The number of rotatable bonds is 6. The van der Waals surface area contributed by atoms with Gasteiger partial charge in [0.1, 0.15) is 8.24 Å². The summed E-state index contributed by atoms with van der Waals surface area (Å²) in [6.45, 7) is 7.23. The largest absolute Gasteiger partial charge is 0.391 e. The first-order valence-corrected chi connectivity index (χ1v) is 12.9. The van der Waals surface area contributed by atoms with Crippen molar-refractivity contribution in [1.82, 2.24) is 0 Å². The molecule has 0 N–H and O–H groups in total. The molecule has 3 aromatic rings. The average molecular weight is 380 g/mol. The zero-order valence-electron chi connectivity index (χ0n) is 15.7. The van der Waals surface area contributed by atoms with Gasteiger partial charge in [0, 0.05) is 10.7 Å². The highest BCUT2D eigenvalue weighted by molar-refractivity contribution is 6.79. The molecule has 0 heterocycles. The van der Waals surface area contributed by atoms with Gasteiger partial charge in [0.25, 0.3) is 0 Å². The van der Waals surface area contributed by atoms with Gasteiger partial charge in [-0.2, -0.15) is 0 Å². The highest BCUT2D eigenvalue weighted by Crippen LogP contribution is 2.35. The molecule has 1 nitrogen and oxygen atoms in total. The third-order valence-electron chi connectivity index (χ3n) is 4.60. The molecule has 0 fully saturated rings. The first kappa shape index (κ1) is 18.7. The van der Waals surface area contributed by atoms with Crippen molar-refractivity contribution in [3.05, 3.63) is 101 Å². The van der Waals surface area contributed by atoms with Crippen LogP contribution in [0.25, 0.3) is 0 Å². The van der Waals surface area contributed by atoms with Gasteiger partial charge < -0.3 is 4.57 Å². The Bertz CT molecular complexity index is 810. The maximum absolute atomic E-state index is 6.16. The molecule has 3 aromatic carbocycles. The third kappa shape index (κ3) is 4.57. The van der Waals surface area contributed by atoms with E-state index in [0.717, 1.165) is 11.4 Å². The fourth-order valence-corrected chi connectivity index (χ4v) is 5.73. The van der Waals surface area contributed by atoms with Crippen molar-refractivity contribution >= 4 is 25.5 Å². The average Bonchev–Trinajstić information content (AvgIpc) is 2.62. The number of anilines is 1. The summed E-state index contributed by atoms with van der Waals surface area (Å²) in [4.78, 5) is 0. The second-order valence-electron chi connectivity index (χ2n) is 7.63.